The van der Waals surface area contributed by atoms with E-state index in [1.165, 1.54) is 5.69 Å². The molecule has 1 heterocycles. The summed E-state index contributed by atoms with van der Waals surface area (Å²) in [6, 6.07) is 0. The normalized spacial score (nSPS) is 11.2. The van der Waals surface area contributed by atoms with Crippen LogP contribution in [0.5, 0.6) is 0 Å². The molecule has 0 saturated carbocycles. The zero-order valence-corrected chi connectivity index (χ0v) is 8.29. The molecule has 0 radical (unpaired) electrons. The highest BCUT2D eigenvalue weighted by molar-refractivity contribution is 7.71. The molecule has 0 spiro atoms. The summed E-state index contributed by atoms with van der Waals surface area (Å²) in [5.41, 5.74) is 2.30. The highest BCUT2D eigenvalue weighted by atomic mass is 32.1. The molecule has 0 aromatic carbocycles. The van der Waals surface area contributed by atoms with Gasteiger partial charge < -0.3 is 9.97 Å². The summed E-state index contributed by atoms with van der Waals surface area (Å²) < 4.78 is 0.711. The van der Waals surface area contributed by atoms with E-state index in [4.69, 9.17) is 12.2 Å². The molecule has 1 rings (SSSR count). The Morgan fingerprint density at radius 3 is 2.67 bits per heavy atom. The van der Waals surface area contributed by atoms with E-state index >= 15 is 0 Å². The van der Waals surface area contributed by atoms with Gasteiger partial charge >= 0.3 is 0 Å². The summed E-state index contributed by atoms with van der Waals surface area (Å²) in [6.07, 6.45) is 6.23. The van der Waals surface area contributed by atoms with E-state index in [9.17, 15) is 0 Å². The van der Waals surface area contributed by atoms with Gasteiger partial charge in [0.1, 0.15) is 0 Å². The van der Waals surface area contributed by atoms with Crippen molar-refractivity contribution in [3.8, 4) is 0 Å². The number of aromatic amines is 2. The first-order valence-corrected chi connectivity index (χ1v) is 4.66. The van der Waals surface area contributed by atoms with Crippen LogP contribution in [0, 0.1) is 4.77 Å². The molecular formula is C9H14N2S. The monoisotopic (exact) mass is 182 g/mol. The van der Waals surface area contributed by atoms with Crippen LogP contribution in [-0.4, -0.2) is 9.97 Å². The first kappa shape index (κ1) is 9.26. The van der Waals surface area contributed by atoms with Gasteiger partial charge in [0.15, 0.2) is 4.77 Å². The van der Waals surface area contributed by atoms with E-state index in [1.807, 2.05) is 0 Å². The Hall–Kier alpha value is -0.830. The van der Waals surface area contributed by atoms with Crippen molar-refractivity contribution >= 4 is 18.3 Å². The summed E-state index contributed by atoms with van der Waals surface area (Å²) in [6.45, 7) is 4.22. The van der Waals surface area contributed by atoms with Crippen molar-refractivity contribution in [1.82, 2.24) is 9.97 Å². The molecule has 0 fully saturated rings. The van der Waals surface area contributed by atoms with Crippen LogP contribution in [0.15, 0.2) is 6.08 Å². The van der Waals surface area contributed by atoms with Crippen LogP contribution in [0.25, 0.3) is 6.08 Å². The third-order valence-electron chi connectivity index (χ3n) is 1.71. The van der Waals surface area contributed by atoms with Gasteiger partial charge in [-0.15, -0.1) is 0 Å². The average molecular weight is 182 g/mol. The fourth-order valence-electron chi connectivity index (χ4n) is 1.09. The van der Waals surface area contributed by atoms with Gasteiger partial charge in [0.2, 0.25) is 0 Å². The topological polar surface area (TPSA) is 31.6 Å². The zero-order chi connectivity index (χ0) is 8.97. The lowest BCUT2D eigenvalue weighted by Crippen LogP contribution is -1.82. The van der Waals surface area contributed by atoms with E-state index in [0.29, 0.717) is 4.77 Å². The van der Waals surface area contributed by atoms with Crippen molar-refractivity contribution in [2.75, 3.05) is 0 Å². The lowest BCUT2D eigenvalue weighted by molar-refractivity contribution is 1.05. The molecule has 0 aliphatic rings. The molecule has 3 heteroatoms. The Morgan fingerprint density at radius 1 is 1.33 bits per heavy atom. The minimum Gasteiger partial charge on any atom is -0.334 e. The lowest BCUT2D eigenvalue weighted by atomic mass is 10.2. The van der Waals surface area contributed by atoms with Crippen molar-refractivity contribution in [1.29, 1.82) is 0 Å². The second-order valence-electron chi connectivity index (χ2n) is 2.64. The van der Waals surface area contributed by atoms with Crippen LogP contribution < -0.4 is 0 Å². The summed E-state index contributed by atoms with van der Waals surface area (Å²) in [7, 11) is 0. The number of rotatable bonds is 3. The molecular weight excluding hydrogens is 168 g/mol. The first-order valence-electron chi connectivity index (χ1n) is 4.25. The lowest BCUT2D eigenvalue weighted by Gasteiger charge is -1.91. The Bertz CT molecular complexity index is 320. The van der Waals surface area contributed by atoms with Gasteiger partial charge in [0.05, 0.1) is 5.69 Å². The molecule has 1 aromatic rings. The number of nitrogens with one attached hydrogen (secondary N) is 2. The minimum atomic E-state index is 0.711. The Labute approximate surface area is 77.7 Å². The van der Waals surface area contributed by atoms with Gasteiger partial charge in [-0.1, -0.05) is 19.9 Å². The molecule has 0 aliphatic heterocycles. The predicted octanol–water partition coefficient (Wildman–Crippen LogP) is 3.06. The van der Waals surface area contributed by atoms with Crippen LogP contribution in [0.4, 0.5) is 0 Å². The van der Waals surface area contributed by atoms with Crippen LogP contribution in [0.3, 0.4) is 0 Å². The van der Waals surface area contributed by atoms with Crippen LogP contribution >= 0.6 is 12.2 Å². The number of aromatic nitrogens is 2. The smallest absolute Gasteiger partial charge is 0.175 e. The van der Waals surface area contributed by atoms with Gasteiger partial charge in [-0.2, -0.15) is 0 Å². The molecule has 0 atom stereocenters. The minimum absolute atomic E-state index is 0.711. The van der Waals surface area contributed by atoms with Crippen molar-refractivity contribution in [2.45, 2.75) is 26.7 Å². The van der Waals surface area contributed by atoms with Crippen molar-refractivity contribution in [2.24, 2.45) is 0 Å². The SMILES string of the molecule is CC/C=C\c1[nH]c(=S)[nH]c1CC. The first-order chi connectivity index (χ1) is 5.77. The third kappa shape index (κ3) is 2.08. The molecule has 12 heavy (non-hydrogen) atoms. The van der Waals surface area contributed by atoms with E-state index < -0.39 is 0 Å². The summed E-state index contributed by atoms with van der Waals surface area (Å²) in [5.74, 6) is 0. The van der Waals surface area contributed by atoms with E-state index in [-0.39, 0.29) is 0 Å². The number of allylic oxidation sites excluding steroid dienone is 1. The highest BCUT2D eigenvalue weighted by Crippen LogP contribution is 2.07. The number of H-pyrrole nitrogens is 2. The van der Waals surface area contributed by atoms with Crippen LogP contribution in [0.1, 0.15) is 31.7 Å². The maximum absolute atomic E-state index is 4.99. The summed E-state index contributed by atoms with van der Waals surface area (Å²) in [5, 5.41) is 0. The fourth-order valence-corrected chi connectivity index (χ4v) is 1.32. The average Bonchev–Trinajstić information content (AvgIpc) is 2.42. The quantitative estimate of drug-likeness (QED) is 0.692. The summed E-state index contributed by atoms with van der Waals surface area (Å²) >= 11 is 4.99. The zero-order valence-electron chi connectivity index (χ0n) is 7.48. The number of imidazole rings is 1. The molecule has 1 aromatic heterocycles. The maximum atomic E-state index is 4.99. The number of hydrogen-bond acceptors (Lipinski definition) is 1. The van der Waals surface area contributed by atoms with Gasteiger partial charge in [-0.25, -0.2) is 0 Å². The molecule has 2 N–H and O–H groups in total. The third-order valence-corrected chi connectivity index (χ3v) is 1.92. The van der Waals surface area contributed by atoms with Crippen molar-refractivity contribution in [3.05, 3.63) is 22.2 Å². The molecule has 0 aliphatic carbocycles. The molecule has 0 amide bonds. The molecule has 0 saturated heterocycles. The second kappa shape index (κ2) is 4.26. The van der Waals surface area contributed by atoms with Crippen LogP contribution in [0.2, 0.25) is 0 Å². The van der Waals surface area contributed by atoms with Crippen LogP contribution in [-0.2, 0) is 6.42 Å². The standard InChI is InChI=1S/C9H14N2S/c1-3-5-6-8-7(4-2)10-9(12)11-8/h5-6H,3-4H2,1-2H3,(H2,10,11,12)/b6-5-. The van der Waals surface area contributed by atoms with Gasteiger partial charge in [0, 0.05) is 5.69 Å². The molecule has 0 bridgehead atoms. The highest BCUT2D eigenvalue weighted by Gasteiger charge is 1.97. The van der Waals surface area contributed by atoms with E-state index in [0.717, 1.165) is 18.5 Å². The molecule has 2 nitrogen and oxygen atoms in total. The second-order valence-corrected chi connectivity index (χ2v) is 3.04. The Kier molecular flexibility index (Phi) is 3.29. The number of aryl methyl sites for hydroxylation is 1. The van der Waals surface area contributed by atoms with Crippen molar-refractivity contribution < 1.29 is 0 Å². The predicted molar refractivity (Wildman–Crippen MR) is 54.7 cm³/mol. The maximum Gasteiger partial charge on any atom is 0.175 e. The van der Waals surface area contributed by atoms with Gasteiger partial charge in [0.25, 0.3) is 0 Å². The van der Waals surface area contributed by atoms with Crippen molar-refractivity contribution in [3.63, 3.8) is 0 Å². The fraction of sp³-hybridized carbons (Fsp3) is 0.444. The molecule has 0 unspecified atom stereocenters. The summed E-state index contributed by atoms with van der Waals surface area (Å²) in [4.78, 5) is 6.21. The molecule has 66 valence electrons. The Balaban J connectivity index is 2.96. The van der Waals surface area contributed by atoms with E-state index in [2.05, 4.69) is 36.0 Å². The Morgan fingerprint density at radius 2 is 2.08 bits per heavy atom. The van der Waals surface area contributed by atoms with E-state index in [1.54, 1.807) is 0 Å². The number of hydrogen-bond donors (Lipinski definition) is 2. The van der Waals surface area contributed by atoms with Gasteiger partial charge in [-0.05, 0) is 31.1 Å². The van der Waals surface area contributed by atoms with Gasteiger partial charge in [-0.3, -0.25) is 0 Å². The largest absolute Gasteiger partial charge is 0.334 e.